The van der Waals surface area contributed by atoms with Crippen molar-refractivity contribution in [1.82, 2.24) is 5.32 Å². The van der Waals surface area contributed by atoms with E-state index in [2.05, 4.69) is 5.32 Å². The van der Waals surface area contributed by atoms with E-state index >= 15 is 0 Å². The summed E-state index contributed by atoms with van der Waals surface area (Å²) in [6.07, 6.45) is 0. The second-order valence-electron chi connectivity index (χ2n) is 2.01. The van der Waals surface area contributed by atoms with Crippen molar-refractivity contribution in [2.24, 2.45) is 0 Å². The number of halogens is 4. The maximum atomic E-state index is 10.8. The molecule has 0 aromatic carbocycles. The third kappa shape index (κ3) is 5.41. The second kappa shape index (κ2) is 5.10. The van der Waals surface area contributed by atoms with E-state index < -0.39 is 21.0 Å². The Morgan fingerprint density at radius 2 is 1.85 bits per heavy atom. The van der Waals surface area contributed by atoms with Crippen LogP contribution in [0, 0.1) is 0 Å². The molecular weight excluding hydrogens is 264 g/mol. The molecule has 0 heterocycles. The fourth-order valence-electron chi connectivity index (χ4n) is 0.370. The summed E-state index contributed by atoms with van der Waals surface area (Å²) in [5, 5.41) is 9.13. The highest BCUT2D eigenvalue weighted by Gasteiger charge is 2.31. The first-order valence-electron chi connectivity index (χ1n) is 2.97. The normalized spacial score (nSPS) is 13.5. The number of carboxylic acids is 1. The topological polar surface area (TPSA) is 66.4 Å². The second-order valence-corrected chi connectivity index (χ2v) is 4.82. The molecule has 0 aliphatic rings. The predicted octanol–water partition coefficient (Wildman–Crippen LogP) is 1.16. The average molecular weight is 269 g/mol. The van der Waals surface area contributed by atoms with Crippen LogP contribution in [-0.2, 0) is 9.59 Å². The van der Waals surface area contributed by atoms with Crippen LogP contribution < -0.4 is 5.32 Å². The molecule has 76 valence electrons. The van der Waals surface area contributed by atoms with Crippen molar-refractivity contribution in [3.8, 4) is 0 Å². The molecule has 1 unspecified atom stereocenters. The zero-order chi connectivity index (χ0) is 10.6. The third-order valence-corrected chi connectivity index (χ3v) is 1.82. The van der Waals surface area contributed by atoms with E-state index in [9.17, 15) is 9.59 Å². The average Bonchev–Trinajstić information content (AvgIpc) is 1.97. The molecule has 0 fully saturated rings. The minimum Gasteiger partial charge on any atom is -0.480 e. The fraction of sp³-hybridized carbons (Fsp3) is 0.600. The summed E-state index contributed by atoms with van der Waals surface area (Å²) in [6, 6.07) is 0. The van der Waals surface area contributed by atoms with Crippen LogP contribution in [0.4, 0.5) is 0 Å². The summed E-state index contributed by atoms with van der Waals surface area (Å²) in [5.74, 6) is -2.17. The largest absolute Gasteiger partial charge is 0.480 e. The number of alkyl halides is 4. The van der Waals surface area contributed by atoms with Gasteiger partial charge in [-0.1, -0.05) is 34.8 Å². The van der Waals surface area contributed by atoms with Crippen LogP contribution in [0.3, 0.4) is 0 Å². The monoisotopic (exact) mass is 267 g/mol. The van der Waals surface area contributed by atoms with Gasteiger partial charge in [0.25, 0.3) is 9.70 Å². The van der Waals surface area contributed by atoms with Crippen LogP contribution in [-0.4, -0.2) is 32.7 Å². The van der Waals surface area contributed by atoms with Crippen LogP contribution in [0.2, 0.25) is 0 Å². The summed E-state index contributed by atoms with van der Waals surface area (Å²) in [4.78, 5) is 21.0. The fourth-order valence-corrected chi connectivity index (χ4v) is 0.647. The summed E-state index contributed by atoms with van der Waals surface area (Å²) in [5.41, 5.74) is 0. The van der Waals surface area contributed by atoms with Crippen LogP contribution in [0.15, 0.2) is 0 Å². The van der Waals surface area contributed by atoms with Gasteiger partial charge in [0, 0.05) is 6.54 Å². The standard InChI is InChI=1S/C5H5Cl4NO3/c6-2(3(11)12)1-10-4(13)5(7,8)9/h2H,1H2,(H,10,13)(H,11,12). The molecule has 1 atom stereocenters. The van der Waals surface area contributed by atoms with E-state index in [1.165, 1.54) is 0 Å². The lowest BCUT2D eigenvalue weighted by Gasteiger charge is -2.11. The smallest absolute Gasteiger partial charge is 0.323 e. The number of rotatable bonds is 3. The SMILES string of the molecule is O=C(O)C(Cl)CNC(=O)C(Cl)(Cl)Cl. The zero-order valence-corrected chi connectivity index (χ0v) is 9.08. The maximum absolute atomic E-state index is 10.8. The Morgan fingerprint density at radius 3 is 2.15 bits per heavy atom. The summed E-state index contributed by atoms with van der Waals surface area (Å²) in [6.45, 7) is -0.302. The van der Waals surface area contributed by atoms with Crippen molar-refractivity contribution in [3.05, 3.63) is 0 Å². The van der Waals surface area contributed by atoms with Gasteiger partial charge < -0.3 is 10.4 Å². The number of nitrogens with one attached hydrogen (secondary N) is 1. The molecule has 13 heavy (non-hydrogen) atoms. The molecule has 0 saturated heterocycles. The van der Waals surface area contributed by atoms with Gasteiger partial charge in [0.2, 0.25) is 0 Å². The number of carboxylic acid groups (broad SMARTS) is 1. The van der Waals surface area contributed by atoms with Gasteiger partial charge in [0.1, 0.15) is 5.38 Å². The molecule has 2 N–H and O–H groups in total. The highest BCUT2D eigenvalue weighted by atomic mass is 35.6. The molecule has 0 aromatic rings. The van der Waals surface area contributed by atoms with Crippen molar-refractivity contribution in [3.63, 3.8) is 0 Å². The molecule has 0 radical (unpaired) electrons. The summed E-state index contributed by atoms with van der Waals surface area (Å²) < 4.78 is -2.10. The van der Waals surface area contributed by atoms with Gasteiger partial charge >= 0.3 is 5.97 Å². The minimum atomic E-state index is -2.10. The highest BCUT2D eigenvalue weighted by molar-refractivity contribution is 6.76. The number of hydrogen-bond acceptors (Lipinski definition) is 2. The van der Waals surface area contributed by atoms with Crippen molar-refractivity contribution < 1.29 is 14.7 Å². The molecule has 8 heteroatoms. The molecule has 0 aromatic heterocycles. The molecule has 0 aliphatic heterocycles. The predicted molar refractivity (Wildman–Crippen MR) is 50.6 cm³/mol. The Morgan fingerprint density at radius 1 is 1.38 bits per heavy atom. The lowest BCUT2D eigenvalue weighted by Crippen LogP contribution is -2.39. The van der Waals surface area contributed by atoms with Crippen molar-refractivity contribution in [2.75, 3.05) is 6.54 Å². The maximum Gasteiger partial charge on any atom is 0.323 e. The first-order chi connectivity index (χ1) is 5.75. The van der Waals surface area contributed by atoms with E-state index in [4.69, 9.17) is 51.5 Å². The summed E-state index contributed by atoms with van der Waals surface area (Å²) >= 11 is 20.8. The van der Waals surface area contributed by atoms with E-state index in [1.54, 1.807) is 0 Å². The number of amides is 1. The van der Waals surface area contributed by atoms with E-state index in [0.717, 1.165) is 0 Å². The van der Waals surface area contributed by atoms with Gasteiger partial charge in [-0.2, -0.15) is 0 Å². The number of carbonyl (C=O) groups excluding carboxylic acids is 1. The van der Waals surface area contributed by atoms with Gasteiger partial charge in [-0.15, -0.1) is 11.6 Å². The van der Waals surface area contributed by atoms with Crippen LogP contribution in [0.1, 0.15) is 0 Å². The number of carbonyl (C=O) groups is 2. The van der Waals surface area contributed by atoms with Crippen molar-refractivity contribution in [2.45, 2.75) is 9.17 Å². The van der Waals surface area contributed by atoms with Crippen molar-refractivity contribution >= 4 is 58.3 Å². The first kappa shape index (κ1) is 13.1. The van der Waals surface area contributed by atoms with Gasteiger partial charge in [0.15, 0.2) is 0 Å². The molecule has 0 spiro atoms. The molecule has 0 rings (SSSR count). The lowest BCUT2D eigenvalue weighted by molar-refractivity contribution is -0.136. The van der Waals surface area contributed by atoms with Gasteiger partial charge in [-0.3, -0.25) is 9.59 Å². The lowest BCUT2D eigenvalue weighted by atomic mass is 10.4. The Balaban J connectivity index is 3.91. The molecule has 0 aliphatic carbocycles. The van der Waals surface area contributed by atoms with Gasteiger partial charge in [0.05, 0.1) is 0 Å². The minimum absolute atomic E-state index is 0.302. The zero-order valence-electron chi connectivity index (χ0n) is 6.06. The molecule has 0 bridgehead atoms. The van der Waals surface area contributed by atoms with Crippen molar-refractivity contribution in [1.29, 1.82) is 0 Å². The Kier molecular flexibility index (Phi) is 5.14. The van der Waals surface area contributed by atoms with Gasteiger partial charge in [-0.25, -0.2) is 0 Å². The molecular formula is C5H5Cl4NO3. The van der Waals surface area contributed by atoms with E-state index in [1.807, 2.05) is 0 Å². The Bertz CT molecular complexity index is 214. The number of aliphatic carboxylic acids is 1. The summed E-state index contributed by atoms with van der Waals surface area (Å²) in [7, 11) is 0. The van der Waals surface area contributed by atoms with Crippen LogP contribution in [0.5, 0.6) is 0 Å². The Hall–Kier alpha value is 0.1000. The number of hydrogen-bond donors (Lipinski definition) is 2. The molecule has 1 amide bonds. The third-order valence-electron chi connectivity index (χ3n) is 0.967. The van der Waals surface area contributed by atoms with Crippen LogP contribution >= 0.6 is 46.4 Å². The van der Waals surface area contributed by atoms with E-state index in [-0.39, 0.29) is 6.54 Å². The highest BCUT2D eigenvalue weighted by Crippen LogP contribution is 2.25. The van der Waals surface area contributed by atoms with Crippen LogP contribution in [0.25, 0.3) is 0 Å². The first-order valence-corrected chi connectivity index (χ1v) is 4.54. The quantitative estimate of drug-likeness (QED) is 0.755. The molecule has 4 nitrogen and oxygen atoms in total. The van der Waals surface area contributed by atoms with Gasteiger partial charge in [-0.05, 0) is 0 Å². The van der Waals surface area contributed by atoms with E-state index in [0.29, 0.717) is 0 Å². The Labute approximate surface area is 94.1 Å². The molecule has 0 saturated carbocycles.